The number of hydrogen-bond acceptors (Lipinski definition) is 4. The van der Waals surface area contributed by atoms with Crippen molar-refractivity contribution < 1.29 is 19.4 Å². The number of aliphatic hydroxyl groups is 1. The number of amides is 1. The molecule has 1 heterocycles. The molecule has 0 aromatic heterocycles. The molecule has 0 saturated heterocycles. The summed E-state index contributed by atoms with van der Waals surface area (Å²) in [6, 6.07) is 13.0. The van der Waals surface area contributed by atoms with Gasteiger partial charge < -0.3 is 14.7 Å². The van der Waals surface area contributed by atoms with Gasteiger partial charge in [-0.25, -0.2) is 0 Å². The Morgan fingerprint density at radius 1 is 1.20 bits per heavy atom. The van der Waals surface area contributed by atoms with Crippen molar-refractivity contribution >= 4 is 22.5 Å². The molecule has 5 heteroatoms. The normalized spacial score (nSPS) is 17.6. The summed E-state index contributed by atoms with van der Waals surface area (Å²) in [7, 11) is 1.55. The molecule has 130 valence electrons. The van der Waals surface area contributed by atoms with Crippen LogP contribution in [0.4, 0.5) is 0 Å². The van der Waals surface area contributed by atoms with Gasteiger partial charge in [0.05, 0.1) is 18.2 Å². The van der Waals surface area contributed by atoms with Gasteiger partial charge in [0.1, 0.15) is 0 Å². The van der Waals surface area contributed by atoms with Crippen LogP contribution < -0.4 is 0 Å². The van der Waals surface area contributed by atoms with E-state index < -0.39 is 17.7 Å². The summed E-state index contributed by atoms with van der Waals surface area (Å²) < 4.78 is 5.10. The first-order valence-electron chi connectivity index (χ1n) is 8.34. The van der Waals surface area contributed by atoms with E-state index >= 15 is 0 Å². The van der Waals surface area contributed by atoms with Crippen LogP contribution in [0.25, 0.3) is 10.8 Å². The lowest BCUT2D eigenvalue weighted by atomic mass is 9.91. The summed E-state index contributed by atoms with van der Waals surface area (Å²) in [5.74, 6) is -1.18. The number of fused-ring (bicyclic) bond motifs is 1. The molecule has 0 saturated carbocycles. The van der Waals surface area contributed by atoms with Gasteiger partial charge in [-0.2, -0.15) is 0 Å². The summed E-state index contributed by atoms with van der Waals surface area (Å²) in [6.07, 6.45) is 0.228. The predicted molar refractivity (Wildman–Crippen MR) is 95.2 cm³/mol. The molecular formula is C20H21NO4. The first-order valence-corrected chi connectivity index (χ1v) is 8.34. The molecule has 0 bridgehead atoms. The molecule has 1 atom stereocenters. The fraction of sp³-hybridized carbons (Fsp3) is 0.300. The van der Waals surface area contributed by atoms with Gasteiger partial charge in [-0.1, -0.05) is 49.4 Å². The van der Waals surface area contributed by atoms with Gasteiger partial charge in [0.25, 0.3) is 5.91 Å². The van der Waals surface area contributed by atoms with E-state index in [4.69, 9.17) is 4.74 Å². The third-order valence-corrected chi connectivity index (χ3v) is 4.58. The number of benzene rings is 2. The van der Waals surface area contributed by atoms with Gasteiger partial charge >= 0.3 is 0 Å². The SMILES string of the molecule is CCC(=O)C1=C(O)C(=O)N(CCOC)C1c1cccc2ccccc12. The maximum Gasteiger partial charge on any atom is 0.290 e. The summed E-state index contributed by atoms with van der Waals surface area (Å²) in [5, 5.41) is 12.3. The zero-order valence-electron chi connectivity index (χ0n) is 14.4. The minimum Gasteiger partial charge on any atom is -0.503 e. The predicted octanol–water partition coefficient (Wildman–Crippen LogP) is 3.16. The molecule has 5 nitrogen and oxygen atoms in total. The second-order valence-electron chi connectivity index (χ2n) is 6.00. The van der Waals surface area contributed by atoms with E-state index in [-0.39, 0.29) is 17.8 Å². The Labute approximate surface area is 146 Å². The first kappa shape index (κ1) is 17.2. The van der Waals surface area contributed by atoms with E-state index in [9.17, 15) is 14.7 Å². The fourth-order valence-electron chi connectivity index (χ4n) is 3.36. The van der Waals surface area contributed by atoms with Crippen LogP contribution in [0.5, 0.6) is 0 Å². The van der Waals surface area contributed by atoms with E-state index in [0.29, 0.717) is 13.2 Å². The summed E-state index contributed by atoms with van der Waals surface area (Å²) >= 11 is 0. The Bertz CT molecular complexity index is 850. The van der Waals surface area contributed by atoms with Crippen molar-refractivity contribution in [3.05, 3.63) is 59.4 Å². The van der Waals surface area contributed by atoms with E-state index in [1.165, 1.54) is 4.90 Å². The lowest BCUT2D eigenvalue weighted by Crippen LogP contribution is -2.34. The summed E-state index contributed by atoms with van der Waals surface area (Å²) in [5.41, 5.74) is 1.02. The van der Waals surface area contributed by atoms with Crippen molar-refractivity contribution in [1.29, 1.82) is 0 Å². The van der Waals surface area contributed by atoms with Gasteiger partial charge in [-0.15, -0.1) is 0 Å². The Morgan fingerprint density at radius 3 is 2.64 bits per heavy atom. The molecule has 1 unspecified atom stereocenters. The highest BCUT2D eigenvalue weighted by Crippen LogP contribution is 2.40. The number of ether oxygens (including phenoxy) is 1. The molecule has 1 N–H and O–H groups in total. The molecule has 2 aromatic rings. The molecule has 1 aliphatic heterocycles. The van der Waals surface area contributed by atoms with Crippen molar-refractivity contribution in [3.63, 3.8) is 0 Å². The second kappa shape index (κ2) is 7.07. The third-order valence-electron chi connectivity index (χ3n) is 4.58. The average molecular weight is 339 g/mol. The van der Waals surface area contributed by atoms with Crippen molar-refractivity contribution in [2.24, 2.45) is 0 Å². The van der Waals surface area contributed by atoms with Crippen LogP contribution in [-0.4, -0.2) is 42.0 Å². The molecule has 0 spiro atoms. The minimum atomic E-state index is -0.596. The summed E-state index contributed by atoms with van der Waals surface area (Å²) in [4.78, 5) is 26.6. The molecule has 3 rings (SSSR count). The van der Waals surface area contributed by atoms with Crippen LogP contribution in [0.15, 0.2) is 53.8 Å². The number of rotatable bonds is 6. The van der Waals surface area contributed by atoms with Gasteiger partial charge in [0.15, 0.2) is 11.5 Å². The maximum atomic E-state index is 12.6. The quantitative estimate of drug-likeness (QED) is 0.878. The standard InChI is InChI=1S/C20H21NO4/c1-3-16(22)17-18(21(11-12-25-2)20(24)19(17)23)15-10-6-8-13-7-4-5-9-14(13)15/h4-10,18,23H,3,11-12H2,1-2H3. The molecule has 0 fully saturated rings. The lowest BCUT2D eigenvalue weighted by Gasteiger charge is -2.27. The van der Waals surface area contributed by atoms with Crippen LogP contribution in [-0.2, 0) is 14.3 Å². The Balaban J connectivity index is 2.19. The lowest BCUT2D eigenvalue weighted by molar-refractivity contribution is -0.130. The average Bonchev–Trinajstić information content (AvgIpc) is 2.89. The monoisotopic (exact) mass is 339 g/mol. The van der Waals surface area contributed by atoms with Gasteiger partial charge in [0.2, 0.25) is 0 Å². The van der Waals surface area contributed by atoms with E-state index in [0.717, 1.165) is 16.3 Å². The Morgan fingerprint density at radius 2 is 1.92 bits per heavy atom. The number of Topliss-reactive ketones (excluding diaryl/α,β-unsaturated/α-hetero) is 1. The number of nitrogens with zero attached hydrogens (tertiary/aromatic N) is 1. The number of ketones is 1. The molecule has 1 aliphatic rings. The number of methoxy groups -OCH3 is 1. The van der Waals surface area contributed by atoms with Gasteiger partial charge in [0, 0.05) is 20.1 Å². The van der Waals surface area contributed by atoms with E-state index in [1.54, 1.807) is 14.0 Å². The number of hydrogen-bond donors (Lipinski definition) is 1. The molecule has 0 radical (unpaired) electrons. The fourth-order valence-corrected chi connectivity index (χ4v) is 3.36. The minimum absolute atomic E-state index is 0.181. The van der Waals surface area contributed by atoms with Crippen molar-refractivity contribution in [2.45, 2.75) is 19.4 Å². The van der Waals surface area contributed by atoms with E-state index in [1.807, 2.05) is 42.5 Å². The van der Waals surface area contributed by atoms with Crippen molar-refractivity contribution in [3.8, 4) is 0 Å². The van der Waals surface area contributed by atoms with Crippen LogP contribution >= 0.6 is 0 Å². The zero-order valence-corrected chi connectivity index (χ0v) is 14.4. The third kappa shape index (κ3) is 2.91. The van der Waals surface area contributed by atoms with Crippen molar-refractivity contribution in [1.82, 2.24) is 4.90 Å². The first-order chi connectivity index (χ1) is 12.1. The molecule has 2 aromatic carbocycles. The summed E-state index contributed by atoms with van der Waals surface area (Å²) in [6.45, 7) is 2.35. The largest absolute Gasteiger partial charge is 0.503 e. The highest BCUT2D eigenvalue weighted by atomic mass is 16.5. The van der Waals surface area contributed by atoms with E-state index in [2.05, 4.69) is 0 Å². The Hall–Kier alpha value is -2.66. The molecule has 0 aliphatic carbocycles. The number of aliphatic hydroxyl groups excluding tert-OH is 1. The van der Waals surface area contributed by atoms with Crippen molar-refractivity contribution in [2.75, 3.05) is 20.3 Å². The van der Waals surface area contributed by atoms with Crippen LogP contribution in [0.1, 0.15) is 24.9 Å². The maximum absolute atomic E-state index is 12.6. The number of carbonyl (C=O) groups is 2. The molecule has 1 amide bonds. The topological polar surface area (TPSA) is 66.8 Å². The van der Waals surface area contributed by atoms with Crippen LogP contribution in [0.2, 0.25) is 0 Å². The smallest absolute Gasteiger partial charge is 0.290 e. The second-order valence-corrected chi connectivity index (χ2v) is 6.00. The highest BCUT2D eigenvalue weighted by Gasteiger charge is 2.43. The zero-order chi connectivity index (χ0) is 18.0. The van der Waals surface area contributed by atoms with Crippen LogP contribution in [0.3, 0.4) is 0 Å². The Kier molecular flexibility index (Phi) is 4.86. The molecule has 25 heavy (non-hydrogen) atoms. The van der Waals surface area contributed by atoms with Gasteiger partial charge in [-0.3, -0.25) is 9.59 Å². The van der Waals surface area contributed by atoms with Gasteiger partial charge in [-0.05, 0) is 16.3 Å². The number of carbonyl (C=O) groups excluding carboxylic acids is 2. The highest BCUT2D eigenvalue weighted by molar-refractivity contribution is 6.09. The molecular weight excluding hydrogens is 318 g/mol. The van der Waals surface area contributed by atoms with Crippen LogP contribution in [0, 0.1) is 0 Å².